The number of carbonyl (C=O) groups excluding carboxylic acids is 3. The third-order valence-corrected chi connectivity index (χ3v) is 5.32. The average Bonchev–Trinajstić information content (AvgIpc) is 3.01. The first-order valence-corrected chi connectivity index (χ1v) is 8.71. The van der Waals surface area contributed by atoms with Crippen LogP contribution in [0.2, 0.25) is 5.02 Å². The Balaban J connectivity index is 1.82. The molecule has 1 atom stereocenters. The minimum Gasteiger partial charge on any atom is -0.320 e. The summed E-state index contributed by atoms with van der Waals surface area (Å²) < 4.78 is 14.1. The van der Waals surface area contributed by atoms with Gasteiger partial charge in [-0.25, -0.2) is 4.39 Å². The largest absolute Gasteiger partial charge is 0.320 e. The Labute approximate surface area is 159 Å². The van der Waals surface area contributed by atoms with E-state index in [0.29, 0.717) is 11.3 Å². The quantitative estimate of drug-likeness (QED) is 0.861. The summed E-state index contributed by atoms with van der Waals surface area (Å²) in [4.78, 5) is 41.3. The second kappa shape index (κ2) is 6.06. The molecule has 1 saturated heterocycles. The summed E-state index contributed by atoms with van der Waals surface area (Å²) in [6, 6.07) is 10.4. The highest BCUT2D eigenvalue weighted by Crippen LogP contribution is 2.44. The molecule has 138 valence electrons. The van der Waals surface area contributed by atoms with Crippen LogP contribution in [0.1, 0.15) is 23.2 Å². The molecule has 0 aliphatic carbocycles. The lowest BCUT2D eigenvalue weighted by atomic mass is 9.96. The van der Waals surface area contributed by atoms with Gasteiger partial charge in [0.2, 0.25) is 11.6 Å². The molecule has 0 unspecified atom stereocenters. The molecule has 2 aliphatic heterocycles. The minimum atomic E-state index is -1.56. The summed E-state index contributed by atoms with van der Waals surface area (Å²) in [7, 11) is 1.47. The fourth-order valence-corrected chi connectivity index (χ4v) is 3.92. The van der Waals surface area contributed by atoms with E-state index in [9.17, 15) is 18.8 Å². The van der Waals surface area contributed by atoms with Crippen LogP contribution in [0.15, 0.2) is 42.5 Å². The number of fused-ring (bicyclic) bond motifs is 3. The smallest absolute Gasteiger partial charge is 0.271 e. The zero-order valence-corrected chi connectivity index (χ0v) is 15.1. The van der Waals surface area contributed by atoms with Gasteiger partial charge in [-0.2, -0.15) is 0 Å². The zero-order valence-electron chi connectivity index (χ0n) is 14.3. The maximum absolute atomic E-state index is 14.1. The van der Waals surface area contributed by atoms with Gasteiger partial charge in [0.1, 0.15) is 5.82 Å². The van der Waals surface area contributed by atoms with Gasteiger partial charge < -0.3 is 10.2 Å². The standard InChI is InChI=1S/C19H15ClFN3O3/c1-23-17(26)12-4-2-3-5-15(12)24-16(25)8-9-19(23,24)18(27)22-14-10-11(20)6-7-13(14)21/h2-7,10H,8-9H2,1H3,(H,22,27)/t19-/m1/s1. The van der Waals surface area contributed by atoms with E-state index in [2.05, 4.69) is 5.32 Å². The molecule has 8 heteroatoms. The lowest BCUT2D eigenvalue weighted by Gasteiger charge is -2.47. The summed E-state index contributed by atoms with van der Waals surface area (Å²) in [5, 5.41) is 2.75. The molecule has 4 rings (SSSR count). The predicted octanol–water partition coefficient (Wildman–Crippen LogP) is 3.03. The topological polar surface area (TPSA) is 69.7 Å². The normalized spacial score (nSPS) is 21.1. The monoisotopic (exact) mass is 387 g/mol. The van der Waals surface area contributed by atoms with Crippen molar-refractivity contribution in [2.24, 2.45) is 0 Å². The maximum atomic E-state index is 14.1. The molecule has 3 amide bonds. The van der Waals surface area contributed by atoms with E-state index in [4.69, 9.17) is 11.6 Å². The molecule has 2 aliphatic rings. The molecule has 1 N–H and O–H groups in total. The summed E-state index contributed by atoms with van der Waals surface area (Å²) in [5.74, 6) is -1.98. The number of hydrogen-bond acceptors (Lipinski definition) is 3. The van der Waals surface area contributed by atoms with Crippen molar-refractivity contribution in [1.29, 1.82) is 0 Å². The van der Waals surface area contributed by atoms with Gasteiger partial charge in [-0.05, 0) is 30.3 Å². The molecule has 2 aromatic carbocycles. The number of amides is 3. The SMILES string of the molecule is CN1C(=O)c2ccccc2N2C(=O)CC[C@@]12C(=O)Nc1cc(Cl)ccc1F. The van der Waals surface area contributed by atoms with E-state index in [1.807, 2.05) is 0 Å². The Morgan fingerprint density at radius 1 is 1.22 bits per heavy atom. The number of hydrogen-bond donors (Lipinski definition) is 1. The summed E-state index contributed by atoms with van der Waals surface area (Å²) in [6.07, 6.45) is 0.202. The van der Waals surface area contributed by atoms with Crippen molar-refractivity contribution in [3.8, 4) is 0 Å². The molecule has 0 bridgehead atoms. The summed E-state index contributed by atoms with van der Waals surface area (Å²) in [5.41, 5.74) is -0.949. The van der Waals surface area contributed by atoms with Crippen LogP contribution in [0.4, 0.5) is 15.8 Å². The number of benzene rings is 2. The molecule has 0 saturated carbocycles. The van der Waals surface area contributed by atoms with Gasteiger partial charge in [0.25, 0.3) is 11.8 Å². The number of likely N-dealkylation sites (N-methyl/N-ethyl adjacent to an activating group) is 1. The summed E-state index contributed by atoms with van der Waals surface area (Å²) in [6.45, 7) is 0. The maximum Gasteiger partial charge on any atom is 0.271 e. The van der Waals surface area contributed by atoms with E-state index in [1.165, 1.54) is 29.0 Å². The Morgan fingerprint density at radius 2 is 1.96 bits per heavy atom. The van der Waals surface area contributed by atoms with Crippen LogP contribution in [0, 0.1) is 5.82 Å². The van der Waals surface area contributed by atoms with Crippen LogP contribution in [0.25, 0.3) is 0 Å². The molecule has 0 radical (unpaired) electrons. The highest BCUT2D eigenvalue weighted by molar-refractivity contribution is 6.31. The van der Waals surface area contributed by atoms with Gasteiger partial charge in [0.15, 0.2) is 0 Å². The minimum absolute atomic E-state index is 0.0946. The van der Waals surface area contributed by atoms with E-state index in [1.54, 1.807) is 24.3 Å². The molecular weight excluding hydrogens is 373 g/mol. The van der Waals surface area contributed by atoms with E-state index in [0.717, 1.165) is 6.07 Å². The third kappa shape index (κ3) is 2.42. The Hall–Kier alpha value is -2.93. The second-order valence-corrected chi connectivity index (χ2v) is 6.94. The third-order valence-electron chi connectivity index (χ3n) is 5.08. The molecule has 2 heterocycles. The number of halogens is 2. The Bertz CT molecular complexity index is 996. The first kappa shape index (κ1) is 17.5. The molecule has 2 aromatic rings. The molecule has 27 heavy (non-hydrogen) atoms. The van der Waals surface area contributed by atoms with Gasteiger partial charge in [0.05, 0.1) is 16.9 Å². The van der Waals surface area contributed by atoms with Crippen LogP contribution >= 0.6 is 11.6 Å². The van der Waals surface area contributed by atoms with Crippen molar-refractivity contribution in [2.45, 2.75) is 18.5 Å². The van der Waals surface area contributed by atoms with Crippen LogP contribution in [0.5, 0.6) is 0 Å². The van der Waals surface area contributed by atoms with Gasteiger partial charge in [-0.3, -0.25) is 19.3 Å². The Kier molecular flexibility index (Phi) is 3.92. The Morgan fingerprint density at radius 3 is 2.74 bits per heavy atom. The number of para-hydroxylation sites is 1. The number of anilines is 2. The van der Waals surface area contributed by atoms with Crippen molar-refractivity contribution in [2.75, 3.05) is 17.3 Å². The summed E-state index contributed by atoms with van der Waals surface area (Å²) >= 11 is 5.89. The number of rotatable bonds is 2. The average molecular weight is 388 g/mol. The van der Waals surface area contributed by atoms with Crippen molar-refractivity contribution >= 4 is 40.7 Å². The molecule has 0 spiro atoms. The van der Waals surface area contributed by atoms with Crippen LogP contribution in [-0.4, -0.2) is 35.3 Å². The zero-order chi connectivity index (χ0) is 19.3. The van der Waals surface area contributed by atoms with E-state index >= 15 is 0 Å². The van der Waals surface area contributed by atoms with E-state index < -0.39 is 17.4 Å². The number of carbonyl (C=O) groups is 3. The van der Waals surface area contributed by atoms with Gasteiger partial charge in [0, 0.05) is 24.9 Å². The fraction of sp³-hybridized carbons (Fsp3) is 0.211. The van der Waals surface area contributed by atoms with Crippen molar-refractivity contribution in [3.63, 3.8) is 0 Å². The van der Waals surface area contributed by atoms with Crippen LogP contribution in [-0.2, 0) is 9.59 Å². The van der Waals surface area contributed by atoms with Crippen LogP contribution in [0.3, 0.4) is 0 Å². The van der Waals surface area contributed by atoms with Crippen molar-refractivity contribution in [3.05, 3.63) is 58.9 Å². The van der Waals surface area contributed by atoms with Crippen molar-refractivity contribution in [1.82, 2.24) is 4.90 Å². The molecule has 6 nitrogen and oxygen atoms in total. The number of nitrogens with zero attached hydrogens (tertiary/aromatic N) is 2. The lowest BCUT2D eigenvalue weighted by Crippen LogP contribution is -2.68. The van der Waals surface area contributed by atoms with Gasteiger partial charge in [-0.15, -0.1) is 0 Å². The first-order valence-electron chi connectivity index (χ1n) is 8.33. The van der Waals surface area contributed by atoms with Crippen LogP contribution < -0.4 is 10.2 Å². The van der Waals surface area contributed by atoms with Gasteiger partial charge >= 0.3 is 0 Å². The molecule has 1 fully saturated rings. The molecular formula is C19H15ClFN3O3. The highest BCUT2D eigenvalue weighted by atomic mass is 35.5. The van der Waals surface area contributed by atoms with E-state index in [-0.39, 0.29) is 35.4 Å². The second-order valence-electron chi connectivity index (χ2n) is 6.51. The lowest BCUT2D eigenvalue weighted by molar-refractivity contribution is -0.128. The highest BCUT2D eigenvalue weighted by Gasteiger charge is 2.59. The number of nitrogens with one attached hydrogen (secondary N) is 1. The fourth-order valence-electron chi connectivity index (χ4n) is 3.74. The first-order chi connectivity index (χ1) is 12.9. The van der Waals surface area contributed by atoms with Crippen molar-refractivity contribution < 1.29 is 18.8 Å². The van der Waals surface area contributed by atoms with Gasteiger partial charge in [-0.1, -0.05) is 23.7 Å². The molecule has 0 aromatic heterocycles. The predicted molar refractivity (Wildman–Crippen MR) is 98.0 cm³/mol.